The first kappa shape index (κ1) is 22.1. The Morgan fingerprint density at radius 2 is 1.59 bits per heavy atom. The highest BCUT2D eigenvalue weighted by Crippen LogP contribution is 2.28. The number of hydrogen-bond donors (Lipinski definition) is 3. The zero-order valence-corrected chi connectivity index (χ0v) is 17.2. The van der Waals surface area contributed by atoms with Crippen molar-refractivity contribution in [3.05, 3.63) is 48.0 Å². The zero-order chi connectivity index (χ0) is 21.1. The number of carbonyl (C=O) groups excluding carboxylic acids is 2. The van der Waals surface area contributed by atoms with Gasteiger partial charge >= 0.3 is 6.03 Å². The number of carbonyl (C=O) groups is 2. The first-order chi connectivity index (χ1) is 14.1. The monoisotopic (exact) mass is 399 g/mol. The molecule has 0 atom stereocenters. The molecular formula is C22H29N3O4. The van der Waals surface area contributed by atoms with E-state index >= 15 is 0 Å². The lowest BCUT2D eigenvalue weighted by atomic mass is 10.1. The average molecular weight is 399 g/mol. The molecule has 0 spiro atoms. The first-order valence-electron chi connectivity index (χ1n) is 9.78. The summed E-state index contributed by atoms with van der Waals surface area (Å²) in [4.78, 5) is 23.9. The second-order valence-electron chi connectivity index (χ2n) is 6.51. The highest BCUT2D eigenvalue weighted by molar-refractivity contribution is 6.04. The molecule has 0 saturated carbocycles. The van der Waals surface area contributed by atoms with E-state index in [1.54, 1.807) is 56.6 Å². The number of methoxy groups -OCH3 is 1. The van der Waals surface area contributed by atoms with E-state index in [1.165, 1.54) is 12.8 Å². The van der Waals surface area contributed by atoms with Crippen LogP contribution in [0.1, 0.15) is 43.0 Å². The van der Waals surface area contributed by atoms with Crippen molar-refractivity contribution in [2.24, 2.45) is 0 Å². The molecule has 7 nitrogen and oxygen atoms in total. The molecule has 3 N–H and O–H groups in total. The maximum atomic E-state index is 12.5. The van der Waals surface area contributed by atoms with E-state index in [4.69, 9.17) is 9.47 Å². The van der Waals surface area contributed by atoms with Crippen LogP contribution in [-0.2, 0) is 0 Å². The lowest BCUT2D eigenvalue weighted by molar-refractivity contribution is 0.102. The summed E-state index contributed by atoms with van der Waals surface area (Å²) in [5.74, 6) is 0.897. The highest BCUT2D eigenvalue weighted by Gasteiger charge is 2.12. The predicted octanol–water partition coefficient (Wildman–Crippen LogP) is 4.66. The van der Waals surface area contributed by atoms with Gasteiger partial charge in [-0.3, -0.25) is 4.79 Å². The summed E-state index contributed by atoms with van der Waals surface area (Å²) < 4.78 is 11.2. The summed E-state index contributed by atoms with van der Waals surface area (Å²) in [5, 5.41) is 7.96. The van der Waals surface area contributed by atoms with Crippen molar-refractivity contribution in [2.75, 3.05) is 31.4 Å². The van der Waals surface area contributed by atoms with Gasteiger partial charge in [-0.2, -0.15) is 0 Å². The number of amides is 3. The molecule has 0 unspecified atom stereocenters. The molecule has 0 radical (unpaired) electrons. The van der Waals surface area contributed by atoms with E-state index in [9.17, 15) is 9.59 Å². The quantitative estimate of drug-likeness (QED) is 0.507. The number of urea groups is 1. The molecule has 156 valence electrons. The fourth-order valence-electron chi connectivity index (χ4n) is 2.67. The zero-order valence-electron chi connectivity index (χ0n) is 17.2. The van der Waals surface area contributed by atoms with Crippen LogP contribution in [0.25, 0.3) is 0 Å². The van der Waals surface area contributed by atoms with E-state index in [0.29, 0.717) is 35.0 Å². The first-order valence-corrected chi connectivity index (χ1v) is 9.78. The van der Waals surface area contributed by atoms with Gasteiger partial charge in [-0.25, -0.2) is 4.79 Å². The molecule has 0 saturated heterocycles. The van der Waals surface area contributed by atoms with E-state index in [0.717, 1.165) is 12.8 Å². The Balaban J connectivity index is 1.97. The fraction of sp³-hybridized carbons (Fsp3) is 0.364. The van der Waals surface area contributed by atoms with Crippen LogP contribution in [0.3, 0.4) is 0 Å². The second-order valence-corrected chi connectivity index (χ2v) is 6.51. The number of hydrogen-bond acceptors (Lipinski definition) is 4. The van der Waals surface area contributed by atoms with Gasteiger partial charge < -0.3 is 25.4 Å². The molecule has 0 aliphatic rings. The fourth-order valence-corrected chi connectivity index (χ4v) is 2.67. The van der Waals surface area contributed by atoms with E-state index in [2.05, 4.69) is 22.9 Å². The maximum Gasteiger partial charge on any atom is 0.318 e. The van der Waals surface area contributed by atoms with Gasteiger partial charge in [0.1, 0.15) is 0 Å². The molecule has 7 heteroatoms. The third-order valence-electron chi connectivity index (χ3n) is 4.31. The van der Waals surface area contributed by atoms with Crippen LogP contribution in [0.2, 0.25) is 0 Å². The maximum absolute atomic E-state index is 12.5. The van der Waals surface area contributed by atoms with Crippen molar-refractivity contribution in [3.63, 3.8) is 0 Å². The molecule has 0 aliphatic carbocycles. The summed E-state index contributed by atoms with van der Waals surface area (Å²) >= 11 is 0. The molecule has 2 aromatic carbocycles. The van der Waals surface area contributed by atoms with Crippen molar-refractivity contribution in [2.45, 2.75) is 32.6 Å². The number of unbranched alkanes of at least 4 members (excludes halogenated alkanes) is 3. The van der Waals surface area contributed by atoms with Gasteiger partial charge in [0.05, 0.1) is 13.7 Å². The normalized spacial score (nSPS) is 10.2. The van der Waals surface area contributed by atoms with Crippen LogP contribution < -0.4 is 25.4 Å². The molecule has 0 heterocycles. The van der Waals surface area contributed by atoms with Crippen molar-refractivity contribution in [1.82, 2.24) is 5.32 Å². The standard InChI is InChI=1S/C22H29N3O4/c1-4-5-6-7-14-29-19-13-8-16(15-20(19)28-3)21(26)24-17-9-11-18(12-10-17)25-22(27)23-2/h8-13,15H,4-7,14H2,1-3H3,(H,24,26)(H2,23,25,27). The smallest absolute Gasteiger partial charge is 0.318 e. The van der Waals surface area contributed by atoms with Gasteiger partial charge in [0, 0.05) is 24.0 Å². The minimum atomic E-state index is -0.304. The minimum absolute atomic E-state index is 0.259. The number of nitrogens with one attached hydrogen (secondary N) is 3. The number of rotatable bonds is 10. The van der Waals surface area contributed by atoms with Crippen LogP contribution >= 0.6 is 0 Å². The molecule has 29 heavy (non-hydrogen) atoms. The van der Waals surface area contributed by atoms with Gasteiger partial charge in [-0.15, -0.1) is 0 Å². The topological polar surface area (TPSA) is 88.7 Å². The van der Waals surface area contributed by atoms with Crippen LogP contribution in [0, 0.1) is 0 Å². The SMILES string of the molecule is CCCCCCOc1ccc(C(=O)Nc2ccc(NC(=O)NC)cc2)cc1OC. The van der Waals surface area contributed by atoms with Gasteiger partial charge in [0.15, 0.2) is 11.5 Å². The van der Waals surface area contributed by atoms with Crippen molar-refractivity contribution in [3.8, 4) is 11.5 Å². The number of benzene rings is 2. The molecule has 0 fully saturated rings. The van der Waals surface area contributed by atoms with Crippen molar-refractivity contribution >= 4 is 23.3 Å². The van der Waals surface area contributed by atoms with Crippen LogP contribution in [-0.4, -0.2) is 32.7 Å². The van der Waals surface area contributed by atoms with E-state index < -0.39 is 0 Å². The summed E-state index contributed by atoms with van der Waals surface area (Å²) in [6.07, 6.45) is 4.50. The van der Waals surface area contributed by atoms with Crippen LogP contribution in [0.4, 0.5) is 16.2 Å². The van der Waals surface area contributed by atoms with Crippen LogP contribution in [0.5, 0.6) is 11.5 Å². The highest BCUT2D eigenvalue weighted by atomic mass is 16.5. The molecule has 0 aromatic heterocycles. The summed E-state index contributed by atoms with van der Waals surface area (Å²) in [6.45, 7) is 2.79. The van der Waals surface area contributed by atoms with Gasteiger partial charge in [0.2, 0.25) is 0 Å². The van der Waals surface area contributed by atoms with Gasteiger partial charge in [0.25, 0.3) is 5.91 Å². The Morgan fingerprint density at radius 3 is 2.21 bits per heavy atom. The second kappa shape index (κ2) is 11.6. The molecule has 2 aromatic rings. The molecule has 3 amide bonds. The van der Waals surface area contributed by atoms with Gasteiger partial charge in [-0.1, -0.05) is 26.2 Å². The summed E-state index contributed by atoms with van der Waals surface area (Å²) in [6, 6.07) is 11.7. The molecule has 0 bridgehead atoms. The van der Waals surface area contributed by atoms with Crippen molar-refractivity contribution in [1.29, 1.82) is 0 Å². The van der Waals surface area contributed by atoms with Crippen molar-refractivity contribution < 1.29 is 19.1 Å². The molecular weight excluding hydrogens is 370 g/mol. The lowest BCUT2D eigenvalue weighted by Crippen LogP contribution is -2.24. The molecule has 2 rings (SSSR count). The van der Waals surface area contributed by atoms with Crippen LogP contribution in [0.15, 0.2) is 42.5 Å². The summed E-state index contributed by atoms with van der Waals surface area (Å²) in [7, 11) is 3.10. The third-order valence-corrected chi connectivity index (χ3v) is 4.31. The Hall–Kier alpha value is -3.22. The average Bonchev–Trinajstić information content (AvgIpc) is 2.74. The predicted molar refractivity (Wildman–Crippen MR) is 115 cm³/mol. The number of ether oxygens (including phenoxy) is 2. The number of anilines is 2. The Morgan fingerprint density at radius 1 is 0.897 bits per heavy atom. The van der Waals surface area contributed by atoms with E-state index in [1.807, 2.05) is 0 Å². The van der Waals surface area contributed by atoms with Gasteiger partial charge in [-0.05, 0) is 48.9 Å². The summed E-state index contributed by atoms with van der Waals surface area (Å²) in [5.41, 5.74) is 1.71. The Labute approximate surface area is 171 Å². The minimum Gasteiger partial charge on any atom is -0.493 e. The third kappa shape index (κ3) is 7.03. The largest absolute Gasteiger partial charge is 0.493 e. The Bertz CT molecular complexity index is 806. The molecule has 0 aliphatic heterocycles. The Kier molecular flexibility index (Phi) is 8.82. The van der Waals surface area contributed by atoms with E-state index in [-0.39, 0.29) is 11.9 Å². The lowest BCUT2D eigenvalue weighted by Gasteiger charge is -2.12.